The molecule has 0 aliphatic carbocycles. The van der Waals surface area contributed by atoms with Gasteiger partial charge >= 0.3 is 0 Å². The van der Waals surface area contributed by atoms with E-state index in [1.807, 2.05) is 13.8 Å². The zero-order valence-corrected chi connectivity index (χ0v) is 11.4. The van der Waals surface area contributed by atoms with Crippen LogP contribution in [0.5, 0.6) is 0 Å². The van der Waals surface area contributed by atoms with Crippen molar-refractivity contribution >= 4 is 21.6 Å². The molecule has 0 atom stereocenters. The highest BCUT2D eigenvalue weighted by Crippen LogP contribution is 2.32. The SMILES string of the molecule is CNc1ccc2c(c1)C(=O)N(CC(C)C)S2(=O)=O. The Labute approximate surface area is 107 Å². The largest absolute Gasteiger partial charge is 0.388 e. The van der Waals surface area contributed by atoms with Crippen molar-refractivity contribution < 1.29 is 13.2 Å². The molecule has 0 saturated carbocycles. The third-order valence-corrected chi connectivity index (χ3v) is 4.63. The lowest BCUT2D eigenvalue weighted by Gasteiger charge is -2.16. The molecule has 1 aromatic rings. The van der Waals surface area contributed by atoms with Gasteiger partial charge in [0.1, 0.15) is 4.90 Å². The van der Waals surface area contributed by atoms with Crippen LogP contribution in [-0.4, -0.2) is 32.2 Å². The first-order chi connectivity index (χ1) is 8.37. The van der Waals surface area contributed by atoms with E-state index in [9.17, 15) is 13.2 Å². The lowest BCUT2D eigenvalue weighted by molar-refractivity contribution is 0.0861. The van der Waals surface area contributed by atoms with Crippen molar-refractivity contribution in [2.45, 2.75) is 18.7 Å². The van der Waals surface area contributed by atoms with Crippen molar-refractivity contribution in [1.29, 1.82) is 0 Å². The number of anilines is 1. The standard InChI is InChI=1S/C12H16N2O3S/c1-8(2)7-14-12(15)10-6-9(13-3)4-5-11(10)18(14,16)17/h4-6,8,13H,7H2,1-3H3. The normalized spacial score (nSPS) is 17.1. The molecule has 0 aromatic heterocycles. The second-order valence-corrected chi connectivity index (χ2v) is 6.53. The van der Waals surface area contributed by atoms with Crippen LogP contribution in [0.3, 0.4) is 0 Å². The van der Waals surface area contributed by atoms with Gasteiger partial charge in [-0.1, -0.05) is 13.8 Å². The lowest BCUT2D eigenvalue weighted by atomic mass is 10.1. The Morgan fingerprint density at radius 1 is 1.33 bits per heavy atom. The number of nitrogens with one attached hydrogen (secondary N) is 1. The van der Waals surface area contributed by atoms with Crippen LogP contribution in [0.2, 0.25) is 0 Å². The highest BCUT2D eigenvalue weighted by Gasteiger charge is 2.41. The van der Waals surface area contributed by atoms with Gasteiger partial charge in [-0.3, -0.25) is 4.79 Å². The van der Waals surface area contributed by atoms with Gasteiger partial charge in [0.15, 0.2) is 0 Å². The Morgan fingerprint density at radius 2 is 2.00 bits per heavy atom. The lowest BCUT2D eigenvalue weighted by Crippen LogP contribution is -2.33. The van der Waals surface area contributed by atoms with E-state index in [0.29, 0.717) is 0 Å². The highest BCUT2D eigenvalue weighted by molar-refractivity contribution is 7.90. The minimum absolute atomic E-state index is 0.0989. The summed E-state index contributed by atoms with van der Waals surface area (Å²) in [6.07, 6.45) is 0. The fourth-order valence-corrected chi connectivity index (χ4v) is 3.67. The fraction of sp³-hybridized carbons (Fsp3) is 0.417. The Balaban J connectivity index is 2.54. The predicted octanol–water partition coefficient (Wildman–Crippen LogP) is 1.53. The molecule has 1 aliphatic rings. The van der Waals surface area contributed by atoms with Crippen molar-refractivity contribution in [3.63, 3.8) is 0 Å². The summed E-state index contributed by atoms with van der Waals surface area (Å²) < 4.78 is 25.4. The molecule has 0 fully saturated rings. The number of amides is 1. The van der Waals surface area contributed by atoms with Crippen LogP contribution in [0.15, 0.2) is 23.1 Å². The minimum Gasteiger partial charge on any atom is -0.388 e. The third kappa shape index (κ3) is 1.86. The molecule has 98 valence electrons. The first-order valence-corrected chi connectivity index (χ1v) is 7.21. The number of benzene rings is 1. The van der Waals surface area contributed by atoms with Crippen LogP contribution >= 0.6 is 0 Å². The third-order valence-electron chi connectivity index (χ3n) is 2.82. The summed E-state index contributed by atoms with van der Waals surface area (Å²) in [4.78, 5) is 12.2. The van der Waals surface area contributed by atoms with Gasteiger partial charge in [-0.05, 0) is 24.1 Å². The van der Waals surface area contributed by atoms with Crippen molar-refractivity contribution in [3.8, 4) is 0 Å². The summed E-state index contributed by atoms with van der Waals surface area (Å²) in [7, 11) is -1.94. The molecule has 1 aromatic carbocycles. The summed E-state index contributed by atoms with van der Waals surface area (Å²) in [6.45, 7) is 3.97. The van der Waals surface area contributed by atoms with Gasteiger partial charge in [0.25, 0.3) is 15.9 Å². The second-order valence-electron chi connectivity index (χ2n) is 4.70. The second kappa shape index (κ2) is 4.28. The Hall–Kier alpha value is -1.56. The van der Waals surface area contributed by atoms with Crippen LogP contribution < -0.4 is 5.32 Å². The van der Waals surface area contributed by atoms with E-state index < -0.39 is 15.9 Å². The number of nitrogens with zero attached hydrogens (tertiary/aromatic N) is 1. The average molecular weight is 268 g/mol. The Bertz CT molecular complexity index is 593. The van der Waals surface area contributed by atoms with Gasteiger partial charge < -0.3 is 5.32 Å². The molecule has 1 N–H and O–H groups in total. The van der Waals surface area contributed by atoms with Crippen LogP contribution in [-0.2, 0) is 10.0 Å². The molecule has 18 heavy (non-hydrogen) atoms. The van der Waals surface area contributed by atoms with Gasteiger partial charge in [0.05, 0.1) is 5.56 Å². The Morgan fingerprint density at radius 3 is 2.56 bits per heavy atom. The Kier molecular flexibility index (Phi) is 3.06. The molecule has 1 aliphatic heterocycles. The van der Waals surface area contributed by atoms with E-state index in [1.165, 1.54) is 6.07 Å². The maximum Gasteiger partial charge on any atom is 0.269 e. The zero-order chi connectivity index (χ0) is 13.5. The summed E-state index contributed by atoms with van der Waals surface area (Å²) >= 11 is 0. The number of hydrogen-bond acceptors (Lipinski definition) is 4. The molecule has 0 radical (unpaired) electrons. The number of fused-ring (bicyclic) bond motifs is 1. The van der Waals surface area contributed by atoms with Gasteiger partial charge in [-0.15, -0.1) is 0 Å². The van der Waals surface area contributed by atoms with Crippen LogP contribution in [0.1, 0.15) is 24.2 Å². The highest BCUT2D eigenvalue weighted by atomic mass is 32.2. The zero-order valence-electron chi connectivity index (χ0n) is 10.6. The maximum atomic E-state index is 12.2. The molecule has 1 heterocycles. The molecule has 1 amide bonds. The molecule has 0 unspecified atom stereocenters. The average Bonchev–Trinajstić information content (AvgIpc) is 2.50. The van der Waals surface area contributed by atoms with E-state index in [0.717, 1.165) is 9.99 Å². The van der Waals surface area contributed by atoms with Crippen molar-refractivity contribution in [1.82, 2.24) is 4.31 Å². The summed E-state index contributed by atoms with van der Waals surface area (Å²) in [6, 6.07) is 4.72. The number of carbonyl (C=O) groups excluding carboxylic acids is 1. The molecular formula is C12H16N2O3S. The monoisotopic (exact) mass is 268 g/mol. The minimum atomic E-state index is -3.66. The maximum absolute atomic E-state index is 12.2. The fourth-order valence-electron chi connectivity index (χ4n) is 1.95. The number of sulfonamides is 1. The van der Waals surface area contributed by atoms with E-state index in [-0.39, 0.29) is 22.9 Å². The summed E-state index contributed by atoms with van der Waals surface area (Å²) in [5, 5.41) is 2.89. The van der Waals surface area contributed by atoms with Crippen molar-refractivity contribution in [3.05, 3.63) is 23.8 Å². The first kappa shape index (κ1) is 12.9. The number of hydrogen-bond donors (Lipinski definition) is 1. The van der Waals surface area contributed by atoms with Crippen molar-refractivity contribution in [2.24, 2.45) is 5.92 Å². The van der Waals surface area contributed by atoms with Gasteiger partial charge in [0.2, 0.25) is 0 Å². The predicted molar refractivity (Wildman–Crippen MR) is 69.0 cm³/mol. The van der Waals surface area contributed by atoms with E-state index >= 15 is 0 Å². The topological polar surface area (TPSA) is 66.5 Å². The van der Waals surface area contributed by atoms with E-state index in [4.69, 9.17) is 0 Å². The summed E-state index contributed by atoms with van der Waals surface area (Å²) in [5.41, 5.74) is 0.978. The molecule has 0 bridgehead atoms. The quantitative estimate of drug-likeness (QED) is 0.902. The molecule has 2 rings (SSSR count). The van der Waals surface area contributed by atoms with Crippen LogP contribution in [0.25, 0.3) is 0 Å². The van der Waals surface area contributed by atoms with E-state index in [1.54, 1.807) is 19.2 Å². The van der Waals surface area contributed by atoms with Gasteiger partial charge in [0, 0.05) is 19.3 Å². The van der Waals surface area contributed by atoms with Crippen molar-refractivity contribution in [2.75, 3.05) is 18.9 Å². The molecule has 0 saturated heterocycles. The van der Waals surface area contributed by atoms with Gasteiger partial charge in [-0.25, -0.2) is 12.7 Å². The summed E-state index contributed by atoms with van der Waals surface area (Å²) in [5.74, 6) is -0.336. The number of carbonyl (C=O) groups is 1. The first-order valence-electron chi connectivity index (χ1n) is 5.76. The smallest absolute Gasteiger partial charge is 0.269 e. The van der Waals surface area contributed by atoms with Crippen LogP contribution in [0, 0.1) is 5.92 Å². The molecule has 5 nitrogen and oxygen atoms in total. The van der Waals surface area contributed by atoms with Crippen LogP contribution in [0.4, 0.5) is 5.69 Å². The van der Waals surface area contributed by atoms with Gasteiger partial charge in [-0.2, -0.15) is 0 Å². The molecule has 6 heteroatoms. The number of rotatable bonds is 3. The van der Waals surface area contributed by atoms with E-state index in [2.05, 4.69) is 5.32 Å². The molecule has 0 spiro atoms. The molecular weight excluding hydrogens is 252 g/mol.